The van der Waals surface area contributed by atoms with Gasteiger partial charge >= 0.3 is 6.18 Å². The third kappa shape index (κ3) is 3.30. The van der Waals surface area contributed by atoms with Gasteiger partial charge in [-0.15, -0.1) is 0 Å². The number of carbonyl (C=O) groups is 1. The summed E-state index contributed by atoms with van der Waals surface area (Å²) in [5, 5.41) is 9.33. The highest BCUT2D eigenvalue weighted by Gasteiger charge is 2.37. The summed E-state index contributed by atoms with van der Waals surface area (Å²) in [6.45, 7) is 1.26. The minimum Gasteiger partial charge on any atom is -0.508 e. The first-order valence-electron chi connectivity index (χ1n) is 8.44. The SMILES string of the molecule is O=C(c1ccc(O)cc1)N1CCN(c2nc(C(F)(F)F)nc3nc[nH]c23)CC1. The lowest BCUT2D eigenvalue weighted by Crippen LogP contribution is -2.49. The molecule has 0 saturated carbocycles. The van der Waals surface area contributed by atoms with E-state index in [9.17, 15) is 23.1 Å². The summed E-state index contributed by atoms with van der Waals surface area (Å²) >= 11 is 0. The second kappa shape index (κ2) is 6.66. The Hall–Kier alpha value is -3.37. The first kappa shape index (κ1) is 18.0. The van der Waals surface area contributed by atoms with Crippen molar-refractivity contribution in [3.05, 3.63) is 42.0 Å². The first-order valence-corrected chi connectivity index (χ1v) is 8.44. The number of aromatic nitrogens is 4. The molecule has 8 nitrogen and oxygen atoms in total. The van der Waals surface area contributed by atoms with Gasteiger partial charge < -0.3 is 19.9 Å². The Morgan fingerprint density at radius 1 is 1.07 bits per heavy atom. The second-order valence-corrected chi connectivity index (χ2v) is 6.30. The minimum absolute atomic E-state index is 0.0556. The number of aromatic amines is 1. The average Bonchev–Trinajstić information content (AvgIpc) is 3.15. The van der Waals surface area contributed by atoms with Crippen molar-refractivity contribution in [2.24, 2.45) is 0 Å². The molecule has 2 aromatic heterocycles. The Kier molecular flexibility index (Phi) is 4.28. The zero-order valence-electron chi connectivity index (χ0n) is 14.4. The van der Waals surface area contributed by atoms with Gasteiger partial charge in [-0.3, -0.25) is 4.79 Å². The number of nitrogens with zero attached hydrogens (tertiary/aromatic N) is 5. The summed E-state index contributed by atoms with van der Waals surface area (Å²) in [6.07, 6.45) is -3.41. The zero-order valence-corrected chi connectivity index (χ0v) is 14.4. The van der Waals surface area contributed by atoms with Crippen LogP contribution in [-0.4, -0.2) is 62.0 Å². The van der Waals surface area contributed by atoms with E-state index in [0.29, 0.717) is 37.3 Å². The standard InChI is InChI=1S/C17H15F3N6O2/c18-17(19,20)16-23-13-12(21-9-22-13)14(24-16)25-5-7-26(8-6-25)15(28)10-1-3-11(27)4-2-10/h1-4,9,27H,5-8H2,(H,21,22,23,24). The van der Waals surface area contributed by atoms with Crippen LogP contribution in [0.3, 0.4) is 0 Å². The number of amides is 1. The summed E-state index contributed by atoms with van der Waals surface area (Å²) in [6, 6.07) is 5.91. The number of rotatable bonds is 2. The van der Waals surface area contributed by atoms with E-state index in [1.807, 2.05) is 0 Å². The Labute approximate surface area is 156 Å². The second-order valence-electron chi connectivity index (χ2n) is 6.30. The van der Waals surface area contributed by atoms with Crippen molar-refractivity contribution in [1.82, 2.24) is 24.8 Å². The fraction of sp³-hybridized carbons (Fsp3) is 0.294. The molecule has 11 heteroatoms. The van der Waals surface area contributed by atoms with Crippen molar-refractivity contribution in [2.75, 3.05) is 31.1 Å². The molecule has 1 aliphatic heterocycles. The number of halogens is 3. The molecule has 146 valence electrons. The number of phenols is 1. The fourth-order valence-electron chi connectivity index (χ4n) is 3.08. The summed E-state index contributed by atoms with van der Waals surface area (Å²) in [5.41, 5.74) is 0.704. The molecule has 28 heavy (non-hydrogen) atoms. The number of piperazine rings is 1. The maximum Gasteiger partial charge on any atom is 0.451 e. The van der Waals surface area contributed by atoms with Crippen LogP contribution in [0.25, 0.3) is 11.2 Å². The van der Waals surface area contributed by atoms with Gasteiger partial charge in [0.15, 0.2) is 11.5 Å². The Morgan fingerprint density at radius 2 is 1.75 bits per heavy atom. The van der Waals surface area contributed by atoms with Crippen LogP contribution in [0.5, 0.6) is 5.75 Å². The molecule has 4 rings (SSSR count). The number of aromatic hydroxyl groups is 1. The van der Waals surface area contributed by atoms with E-state index in [1.54, 1.807) is 9.80 Å². The molecule has 0 atom stereocenters. The highest BCUT2D eigenvalue weighted by atomic mass is 19.4. The molecule has 0 aliphatic carbocycles. The van der Waals surface area contributed by atoms with Gasteiger partial charge in [-0.25, -0.2) is 15.0 Å². The maximum atomic E-state index is 13.1. The summed E-state index contributed by atoms with van der Waals surface area (Å²) in [4.78, 5) is 29.6. The lowest BCUT2D eigenvalue weighted by atomic mass is 10.1. The largest absolute Gasteiger partial charge is 0.508 e. The number of nitrogens with one attached hydrogen (secondary N) is 1. The molecule has 1 amide bonds. The Bertz CT molecular complexity index is 1010. The molecule has 3 aromatic rings. The number of hydrogen-bond donors (Lipinski definition) is 2. The molecule has 0 bridgehead atoms. The predicted molar refractivity (Wildman–Crippen MR) is 92.9 cm³/mol. The number of hydrogen-bond acceptors (Lipinski definition) is 6. The molecular weight excluding hydrogens is 377 g/mol. The molecule has 1 fully saturated rings. The summed E-state index contributed by atoms with van der Waals surface area (Å²) in [7, 11) is 0. The van der Waals surface area contributed by atoms with Crippen molar-refractivity contribution < 1.29 is 23.1 Å². The highest BCUT2D eigenvalue weighted by Crippen LogP contribution is 2.31. The number of benzene rings is 1. The molecule has 1 aliphatic rings. The topological polar surface area (TPSA) is 98.2 Å². The van der Waals surface area contributed by atoms with Crippen LogP contribution in [0.15, 0.2) is 30.6 Å². The first-order chi connectivity index (χ1) is 13.3. The number of H-pyrrole nitrogens is 1. The number of imidazole rings is 1. The van der Waals surface area contributed by atoms with Gasteiger partial charge in [0.25, 0.3) is 5.91 Å². The average molecular weight is 392 g/mol. The van der Waals surface area contributed by atoms with Crippen LogP contribution >= 0.6 is 0 Å². The lowest BCUT2D eigenvalue weighted by molar-refractivity contribution is -0.144. The Balaban J connectivity index is 1.54. The lowest BCUT2D eigenvalue weighted by Gasteiger charge is -2.35. The highest BCUT2D eigenvalue weighted by molar-refractivity contribution is 5.94. The molecule has 1 saturated heterocycles. The summed E-state index contributed by atoms with van der Waals surface area (Å²) < 4.78 is 39.3. The normalized spacial score (nSPS) is 15.2. The van der Waals surface area contributed by atoms with Gasteiger partial charge in [0.2, 0.25) is 5.82 Å². The van der Waals surface area contributed by atoms with E-state index in [-0.39, 0.29) is 23.1 Å². The van der Waals surface area contributed by atoms with Gasteiger partial charge in [0, 0.05) is 31.7 Å². The van der Waals surface area contributed by atoms with Crippen molar-refractivity contribution in [2.45, 2.75) is 6.18 Å². The van der Waals surface area contributed by atoms with Gasteiger partial charge in [0.1, 0.15) is 11.3 Å². The van der Waals surface area contributed by atoms with Crippen LogP contribution in [0, 0.1) is 0 Å². The zero-order chi connectivity index (χ0) is 19.9. The number of fused-ring (bicyclic) bond motifs is 1. The summed E-state index contributed by atoms with van der Waals surface area (Å²) in [5.74, 6) is -1.27. The monoisotopic (exact) mass is 392 g/mol. The van der Waals surface area contributed by atoms with Crippen LogP contribution < -0.4 is 4.90 Å². The molecule has 2 N–H and O–H groups in total. The van der Waals surface area contributed by atoms with Crippen LogP contribution in [-0.2, 0) is 6.18 Å². The number of phenolic OH excluding ortho intramolecular Hbond substituents is 1. The van der Waals surface area contributed by atoms with Crippen LogP contribution in [0.2, 0.25) is 0 Å². The van der Waals surface area contributed by atoms with Gasteiger partial charge in [-0.1, -0.05) is 0 Å². The molecule has 0 spiro atoms. The van der Waals surface area contributed by atoms with Crippen molar-refractivity contribution in [3.8, 4) is 5.75 Å². The van der Waals surface area contributed by atoms with Gasteiger partial charge in [-0.05, 0) is 24.3 Å². The Morgan fingerprint density at radius 3 is 2.39 bits per heavy atom. The quantitative estimate of drug-likeness (QED) is 0.693. The molecule has 0 radical (unpaired) electrons. The fourth-order valence-corrected chi connectivity index (χ4v) is 3.08. The number of alkyl halides is 3. The van der Waals surface area contributed by atoms with Crippen molar-refractivity contribution in [1.29, 1.82) is 0 Å². The third-order valence-electron chi connectivity index (χ3n) is 4.50. The van der Waals surface area contributed by atoms with Gasteiger partial charge in [-0.2, -0.15) is 13.2 Å². The van der Waals surface area contributed by atoms with Gasteiger partial charge in [0.05, 0.1) is 6.33 Å². The minimum atomic E-state index is -4.68. The van der Waals surface area contributed by atoms with E-state index in [2.05, 4.69) is 19.9 Å². The van der Waals surface area contributed by atoms with Crippen LogP contribution in [0.4, 0.5) is 19.0 Å². The number of anilines is 1. The van der Waals surface area contributed by atoms with E-state index in [1.165, 1.54) is 30.6 Å². The molecule has 0 unspecified atom stereocenters. The predicted octanol–water partition coefficient (Wildman–Crippen LogP) is 2.04. The van der Waals surface area contributed by atoms with E-state index >= 15 is 0 Å². The van der Waals surface area contributed by atoms with E-state index in [0.717, 1.165) is 0 Å². The smallest absolute Gasteiger partial charge is 0.451 e. The number of carbonyl (C=O) groups excluding carboxylic acids is 1. The molecule has 3 heterocycles. The third-order valence-corrected chi connectivity index (χ3v) is 4.50. The van der Waals surface area contributed by atoms with Crippen LogP contribution in [0.1, 0.15) is 16.2 Å². The van der Waals surface area contributed by atoms with Crippen molar-refractivity contribution in [3.63, 3.8) is 0 Å². The van der Waals surface area contributed by atoms with E-state index < -0.39 is 12.0 Å². The molecule has 1 aromatic carbocycles. The maximum absolute atomic E-state index is 13.1. The van der Waals surface area contributed by atoms with E-state index in [4.69, 9.17) is 0 Å². The van der Waals surface area contributed by atoms with Crippen molar-refractivity contribution >= 4 is 22.9 Å². The molecular formula is C17H15F3N6O2.